The van der Waals surface area contributed by atoms with Gasteiger partial charge in [-0.25, -0.2) is 0 Å². The van der Waals surface area contributed by atoms with Gasteiger partial charge in [0.05, 0.1) is 11.7 Å². The highest BCUT2D eigenvalue weighted by Crippen LogP contribution is 1.93. The van der Waals surface area contributed by atoms with Crippen LogP contribution in [0.25, 0.3) is 0 Å². The van der Waals surface area contributed by atoms with Crippen LogP contribution in [0.4, 0.5) is 0 Å². The molecule has 1 aromatic heterocycles. The molecule has 0 saturated carbocycles. The topological polar surface area (TPSA) is 54.0 Å². The van der Waals surface area contributed by atoms with E-state index in [0.29, 0.717) is 13.1 Å². The molecule has 0 aromatic carbocycles. The molecule has 0 radical (unpaired) electrons. The molecule has 4 nitrogen and oxygen atoms in total. The van der Waals surface area contributed by atoms with E-state index in [0.717, 1.165) is 5.69 Å². The van der Waals surface area contributed by atoms with Crippen molar-refractivity contribution in [1.29, 1.82) is 0 Å². The first-order valence-corrected chi connectivity index (χ1v) is 5.15. The van der Waals surface area contributed by atoms with Crippen LogP contribution in [0.5, 0.6) is 0 Å². The fourth-order valence-electron chi connectivity index (χ4n) is 1.18. The van der Waals surface area contributed by atoms with Gasteiger partial charge >= 0.3 is 0 Å². The number of nitrogens with zero attached hydrogens (tertiary/aromatic N) is 1. The summed E-state index contributed by atoms with van der Waals surface area (Å²) in [5, 5.41) is 5.87. The second kappa shape index (κ2) is 6.14. The highest BCUT2D eigenvalue weighted by Gasteiger charge is 2.10. The van der Waals surface area contributed by atoms with E-state index in [-0.39, 0.29) is 11.9 Å². The molecule has 0 spiro atoms. The summed E-state index contributed by atoms with van der Waals surface area (Å²) >= 11 is 0. The van der Waals surface area contributed by atoms with Gasteiger partial charge in [0.15, 0.2) is 0 Å². The molecule has 82 valence electrons. The lowest BCUT2D eigenvalue weighted by molar-refractivity contribution is -0.122. The summed E-state index contributed by atoms with van der Waals surface area (Å²) < 4.78 is 0. The molecule has 1 unspecified atom stereocenters. The Morgan fingerprint density at radius 3 is 2.93 bits per heavy atom. The molecule has 1 aromatic rings. The minimum Gasteiger partial charge on any atom is -0.355 e. The van der Waals surface area contributed by atoms with Crippen LogP contribution in [-0.2, 0) is 11.3 Å². The monoisotopic (exact) mass is 207 g/mol. The number of pyridine rings is 1. The molecule has 4 heteroatoms. The minimum atomic E-state index is -0.188. The fourth-order valence-corrected chi connectivity index (χ4v) is 1.18. The standard InChI is InChI=1S/C11H17N3O/c1-3-12-11(15)9(2)14-8-10-6-4-5-7-13-10/h4-7,9,14H,3,8H2,1-2H3,(H,12,15). The number of hydrogen-bond donors (Lipinski definition) is 2. The van der Waals surface area contributed by atoms with Gasteiger partial charge in [0.25, 0.3) is 0 Å². The normalized spacial score (nSPS) is 12.1. The zero-order valence-electron chi connectivity index (χ0n) is 9.16. The first kappa shape index (κ1) is 11.7. The minimum absolute atomic E-state index is 0.0217. The van der Waals surface area contributed by atoms with Gasteiger partial charge in [-0.15, -0.1) is 0 Å². The Kier molecular flexibility index (Phi) is 4.77. The first-order valence-electron chi connectivity index (χ1n) is 5.15. The number of rotatable bonds is 5. The summed E-state index contributed by atoms with van der Waals surface area (Å²) in [5.74, 6) is 0.0217. The summed E-state index contributed by atoms with van der Waals surface area (Å²) in [6, 6.07) is 5.54. The maximum Gasteiger partial charge on any atom is 0.236 e. The van der Waals surface area contributed by atoms with Crippen LogP contribution in [-0.4, -0.2) is 23.5 Å². The number of carbonyl (C=O) groups excluding carboxylic acids is 1. The number of carbonyl (C=O) groups is 1. The van der Waals surface area contributed by atoms with E-state index in [9.17, 15) is 4.79 Å². The van der Waals surface area contributed by atoms with Gasteiger partial charge in [0, 0.05) is 19.3 Å². The van der Waals surface area contributed by atoms with E-state index in [1.54, 1.807) is 6.20 Å². The van der Waals surface area contributed by atoms with E-state index in [2.05, 4.69) is 15.6 Å². The molecule has 1 atom stereocenters. The second-order valence-corrected chi connectivity index (χ2v) is 3.32. The van der Waals surface area contributed by atoms with Gasteiger partial charge in [-0.05, 0) is 26.0 Å². The Balaban J connectivity index is 2.34. The predicted octanol–water partition coefficient (Wildman–Crippen LogP) is 0.696. The van der Waals surface area contributed by atoms with Crippen molar-refractivity contribution in [1.82, 2.24) is 15.6 Å². The molecule has 1 heterocycles. The van der Waals surface area contributed by atoms with Crippen molar-refractivity contribution >= 4 is 5.91 Å². The van der Waals surface area contributed by atoms with Crippen LogP contribution in [0.3, 0.4) is 0 Å². The summed E-state index contributed by atoms with van der Waals surface area (Å²) in [6.07, 6.45) is 1.74. The molecule has 0 fully saturated rings. The van der Waals surface area contributed by atoms with Crippen molar-refractivity contribution < 1.29 is 4.79 Å². The molecule has 0 aliphatic heterocycles. The third-order valence-corrected chi connectivity index (χ3v) is 2.06. The van der Waals surface area contributed by atoms with Crippen LogP contribution < -0.4 is 10.6 Å². The number of hydrogen-bond acceptors (Lipinski definition) is 3. The summed E-state index contributed by atoms with van der Waals surface area (Å²) in [5.41, 5.74) is 0.939. The van der Waals surface area contributed by atoms with Crippen molar-refractivity contribution in [3.8, 4) is 0 Å². The maximum atomic E-state index is 11.4. The molecule has 1 rings (SSSR count). The van der Waals surface area contributed by atoms with Gasteiger partial charge in [0.2, 0.25) is 5.91 Å². The predicted molar refractivity (Wildman–Crippen MR) is 59.2 cm³/mol. The van der Waals surface area contributed by atoms with Crippen molar-refractivity contribution in [3.63, 3.8) is 0 Å². The average molecular weight is 207 g/mol. The molecule has 15 heavy (non-hydrogen) atoms. The van der Waals surface area contributed by atoms with Crippen LogP contribution in [0.15, 0.2) is 24.4 Å². The van der Waals surface area contributed by atoms with Gasteiger partial charge in [-0.1, -0.05) is 6.07 Å². The van der Waals surface area contributed by atoms with Crippen molar-refractivity contribution in [2.75, 3.05) is 6.54 Å². The Morgan fingerprint density at radius 2 is 2.33 bits per heavy atom. The largest absolute Gasteiger partial charge is 0.355 e. The van der Waals surface area contributed by atoms with Gasteiger partial charge < -0.3 is 10.6 Å². The number of amides is 1. The van der Waals surface area contributed by atoms with Crippen LogP contribution in [0, 0.1) is 0 Å². The lowest BCUT2D eigenvalue weighted by Gasteiger charge is -2.12. The lowest BCUT2D eigenvalue weighted by atomic mass is 10.3. The highest BCUT2D eigenvalue weighted by molar-refractivity contribution is 5.81. The van der Waals surface area contributed by atoms with E-state index in [1.807, 2.05) is 32.0 Å². The zero-order chi connectivity index (χ0) is 11.1. The smallest absolute Gasteiger partial charge is 0.236 e. The molecule has 0 aliphatic carbocycles. The van der Waals surface area contributed by atoms with Crippen LogP contribution in [0.2, 0.25) is 0 Å². The van der Waals surface area contributed by atoms with Crippen LogP contribution in [0.1, 0.15) is 19.5 Å². The molecule has 0 saturated heterocycles. The SMILES string of the molecule is CCNC(=O)C(C)NCc1ccccn1. The third-order valence-electron chi connectivity index (χ3n) is 2.06. The Hall–Kier alpha value is -1.42. The molecule has 0 aliphatic rings. The number of nitrogens with one attached hydrogen (secondary N) is 2. The molecule has 0 bridgehead atoms. The maximum absolute atomic E-state index is 11.4. The third kappa shape index (κ3) is 4.08. The van der Waals surface area contributed by atoms with Gasteiger partial charge in [0.1, 0.15) is 0 Å². The average Bonchev–Trinajstić information content (AvgIpc) is 2.27. The number of likely N-dealkylation sites (N-methyl/N-ethyl adjacent to an activating group) is 1. The first-order chi connectivity index (χ1) is 7.24. The van der Waals surface area contributed by atoms with E-state index >= 15 is 0 Å². The van der Waals surface area contributed by atoms with Crippen molar-refractivity contribution in [2.45, 2.75) is 26.4 Å². The second-order valence-electron chi connectivity index (χ2n) is 3.32. The van der Waals surface area contributed by atoms with Crippen LogP contribution >= 0.6 is 0 Å². The fraction of sp³-hybridized carbons (Fsp3) is 0.455. The summed E-state index contributed by atoms with van der Waals surface area (Å²) in [4.78, 5) is 15.5. The lowest BCUT2D eigenvalue weighted by Crippen LogP contribution is -2.41. The highest BCUT2D eigenvalue weighted by atomic mass is 16.2. The zero-order valence-corrected chi connectivity index (χ0v) is 9.16. The van der Waals surface area contributed by atoms with Gasteiger partial charge in [-0.2, -0.15) is 0 Å². The molecular formula is C11H17N3O. The quantitative estimate of drug-likeness (QED) is 0.747. The van der Waals surface area contributed by atoms with Gasteiger partial charge in [-0.3, -0.25) is 9.78 Å². The van der Waals surface area contributed by atoms with Crippen molar-refractivity contribution in [3.05, 3.63) is 30.1 Å². The Morgan fingerprint density at radius 1 is 1.53 bits per heavy atom. The molecule has 2 N–H and O–H groups in total. The van der Waals surface area contributed by atoms with E-state index < -0.39 is 0 Å². The van der Waals surface area contributed by atoms with E-state index in [1.165, 1.54) is 0 Å². The number of aromatic nitrogens is 1. The Bertz CT molecular complexity index is 300. The molecular weight excluding hydrogens is 190 g/mol. The Labute approximate surface area is 90.1 Å². The van der Waals surface area contributed by atoms with E-state index in [4.69, 9.17) is 0 Å². The summed E-state index contributed by atoms with van der Waals surface area (Å²) in [7, 11) is 0. The molecule has 1 amide bonds. The summed E-state index contributed by atoms with van der Waals surface area (Å²) in [6.45, 7) is 5.02. The van der Waals surface area contributed by atoms with Crippen molar-refractivity contribution in [2.24, 2.45) is 0 Å².